The molecule has 110 valence electrons. The predicted molar refractivity (Wildman–Crippen MR) is 80.8 cm³/mol. The van der Waals surface area contributed by atoms with Crippen LogP contribution in [0.2, 0.25) is 0 Å². The number of hydrogen-bond donors (Lipinski definition) is 2. The van der Waals surface area contributed by atoms with Crippen LogP contribution in [0.25, 0.3) is 0 Å². The summed E-state index contributed by atoms with van der Waals surface area (Å²) in [6.45, 7) is 3.39. The lowest BCUT2D eigenvalue weighted by molar-refractivity contribution is -0.385. The maximum atomic E-state index is 10.9. The normalized spacial score (nSPS) is 11.2. The van der Waals surface area contributed by atoms with Gasteiger partial charge in [0.1, 0.15) is 0 Å². The van der Waals surface area contributed by atoms with Crippen LogP contribution >= 0.6 is 0 Å². The summed E-state index contributed by atoms with van der Waals surface area (Å²) in [6, 6.07) is 6.71. The molecule has 0 aliphatic carbocycles. The smallest absolute Gasteiger partial charge is 0.274 e. The Balaban J connectivity index is 2.50. The lowest BCUT2D eigenvalue weighted by Gasteiger charge is -2.11. The molecule has 6 heteroatoms. The summed E-state index contributed by atoms with van der Waals surface area (Å²) in [4.78, 5) is 14.6. The minimum atomic E-state index is -0.367. The molecule has 0 unspecified atom stereocenters. The summed E-state index contributed by atoms with van der Waals surface area (Å²) >= 11 is 0. The molecule has 0 saturated heterocycles. The summed E-state index contributed by atoms with van der Waals surface area (Å²) in [6.07, 6.45) is 3.43. The van der Waals surface area contributed by atoms with Gasteiger partial charge in [-0.05, 0) is 6.42 Å². The molecule has 1 rings (SSSR count). The van der Waals surface area contributed by atoms with Gasteiger partial charge in [-0.1, -0.05) is 38.0 Å². The predicted octanol–water partition coefficient (Wildman–Crippen LogP) is 2.45. The highest BCUT2D eigenvalue weighted by atomic mass is 16.6. The van der Waals surface area contributed by atoms with E-state index in [1.165, 1.54) is 18.9 Å². The van der Waals surface area contributed by atoms with Crippen molar-refractivity contribution in [3.05, 3.63) is 39.9 Å². The van der Waals surface area contributed by atoms with Gasteiger partial charge in [0.15, 0.2) is 5.96 Å². The quantitative estimate of drug-likeness (QED) is 0.264. The molecular weight excluding hydrogens is 256 g/mol. The van der Waals surface area contributed by atoms with Crippen LogP contribution in [0.3, 0.4) is 0 Å². The monoisotopic (exact) mass is 278 g/mol. The molecule has 1 aromatic carbocycles. The number of hydrogen-bond acceptors (Lipinski definition) is 3. The van der Waals surface area contributed by atoms with Crippen LogP contribution in [0.5, 0.6) is 0 Å². The second-order valence-corrected chi connectivity index (χ2v) is 4.45. The molecule has 0 radical (unpaired) electrons. The van der Waals surface area contributed by atoms with Gasteiger partial charge in [-0.3, -0.25) is 15.1 Å². The molecule has 1 aromatic rings. The molecule has 0 fully saturated rings. The molecule has 0 spiro atoms. The highest BCUT2D eigenvalue weighted by molar-refractivity contribution is 5.79. The van der Waals surface area contributed by atoms with Crippen molar-refractivity contribution in [2.24, 2.45) is 4.99 Å². The molecule has 2 N–H and O–H groups in total. The standard InChI is InChI=1S/C14H22N4O2/c1-3-4-7-10-16-14(15-2)17-11-12-8-5-6-9-13(12)18(19)20/h5-6,8-9H,3-4,7,10-11H2,1-2H3,(H2,15,16,17). The third kappa shape index (κ3) is 5.26. The van der Waals surface area contributed by atoms with E-state index < -0.39 is 0 Å². The highest BCUT2D eigenvalue weighted by Gasteiger charge is 2.12. The van der Waals surface area contributed by atoms with Crippen molar-refractivity contribution in [3.8, 4) is 0 Å². The molecule has 0 heterocycles. The number of nitrogens with one attached hydrogen (secondary N) is 2. The number of guanidine groups is 1. The molecule has 0 atom stereocenters. The number of nitro benzene ring substituents is 1. The first-order valence-corrected chi connectivity index (χ1v) is 6.85. The topological polar surface area (TPSA) is 79.6 Å². The van der Waals surface area contributed by atoms with Crippen LogP contribution in [-0.2, 0) is 6.54 Å². The van der Waals surface area contributed by atoms with Crippen LogP contribution in [0.15, 0.2) is 29.3 Å². The number of benzene rings is 1. The zero-order valence-electron chi connectivity index (χ0n) is 12.1. The van der Waals surface area contributed by atoms with Crippen molar-refractivity contribution in [3.63, 3.8) is 0 Å². The second-order valence-electron chi connectivity index (χ2n) is 4.45. The third-order valence-corrected chi connectivity index (χ3v) is 2.93. The van der Waals surface area contributed by atoms with Gasteiger partial charge >= 0.3 is 0 Å². The van der Waals surface area contributed by atoms with Gasteiger partial charge in [0.2, 0.25) is 0 Å². The summed E-state index contributed by atoms with van der Waals surface area (Å²) in [5.74, 6) is 0.666. The Morgan fingerprint density at radius 3 is 2.70 bits per heavy atom. The van der Waals surface area contributed by atoms with Gasteiger partial charge in [-0.2, -0.15) is 0 Å². The maximum absolute atomic E-state index is 10.9. The van der Waals surface area contributed by atoms with E-state index in [1.807, 2.05) is 0 Å². The Bertz CT molecular complexity index is 460. The van der Waals surface area contributed by atoms with Gasteiger partial charge in [0.25, 0.3) is 5.69 Å². The van der Waals surface area contributed by atoms with E-state index >= 15 is 0 Å². The Kier molecular flexibility index (Phi) is 7.10. The molecule has 6 nitrogen and oxygen atoms in total. The number of unbranched alkanes of at least 4 members (excludes halogenated alkanes) is 2. The van der Waals surface area contributed by atoms with Crippen LogP contribution in [-0.4, -0.2) is 24.5 Å². The van der Waals surface area contributed by atoms with Gasteiger partial charge in [-0.25, -0.2) is 0 Å². The Hall–Kier alpha value is -2.11. The van der Waals surface area contributed by atoms with Crippen molar-refractivity contribution in [1.29, 1.82) is 0 Å². The average molecular weight is 278 g/mol. The first-order chi connectivity index (χ1) is 9.69. The number of rotatable bonds is 7. The maximum Gasteiger partial charge on any atom is 0.274 e. The molecule has 0 aliphatic heterocycles. The van der Waals surface area contributed by atoms with E-state index in [0.717, 1.165) is 13.0 Å². The van der Waals surface area contributed by atoms with Crippen LogP contribution in [0.1, 0.15) is 31.7 Å². The van der Waals surface area contributed by atoms with Gasteiger partial charge in [0, 0.05) is 31.8 Å². The number of aliphatic imine (C=N–C) groups is 1. The first kappa shape index (κ1) is 15.9. The fraction of sp³-hybridized carbons (Fsp3) is 0.500. The Labute approximate surface area is 119 Å². The Morgan fingerprint density at radius 2 is 2.05 bits per heavy atom. The summed E-state index contributed by atoms with van der Waals surface area (Å²) in [5, 5.41) is 17.2. The fourth-order valence-electron chi connectivity index (χ4n) is 1.82. The van der Waals surface area contributed by atoms with Crippen LogP contribution < -0.4 is 10.6 Å². The molecule has 20 heavy (non-hydrogen) atoms. The van der Waals surface area contributed by atoms with Crippen molar-refractivity contribution < 1.29 is 4.92 Å². The van der Waals surface area contributed by atoms with E-state index in [9.17, 15) is 10.1 Å². The minimum absolute atomic E-state index is 0.126. The van der Waals surface area contributed by atoms with Crippen molar-refractivity contribution in [2.45, 2.75) is 32.7 Å². The lowest BCUT2D eigenvalue weighted by atomic mass is 10.2. The molecule has 0 aliphatic rings. The number of nitrogens with zero attached hydrogens (tertiary/aromatic N) is 2. The molecule has 0 aromatic heterocycles. The van der Waals surface area contributed by atoms with E-state index in [4.69, 9.17) is 0 Å². The van der Waals surface area contributed by atoms with Crippen molar-refractivity contribution in [1.82, 2.24) is 10.6 Å². The molecular formula is C14H22N4O2. The summed E-state index contributed by atoms with van der Waals surface area (Å²) in [5.41, 5.74) is 0.774. The summed E-state index contributed by atoms with van der Waals surface area (Å²) in [7, 11) is 1.69. The SMILES string of the molecule is CCCCCNC(=NC)NCc1ccccc1[N+](=O)[O-]. The second kappa shape index (κ2) is 8.90. The average Bonchev–Trinajstić information content (AvgIpc) is 2.46. The lowest BCUT2D eigenvalue weighted by Crippen LogP contribution is -2.37. The van der Waals surface area contributed by atoms with Crippen LogP contribution in [0.4, 0.5) is 5.69 Å². The highest BCUT2D eigenvalue weighted by Crippen LogP contribution is 2.16. The molecule has 0 amide bonds. The van der Waals surface area contributed by atoms with Gasteiger partial charge in [-0.15, -0.1) is 0 Å². The van der Waals surface area contributed by atoms with Gasteiger partial charge < -0.3 is 10.6 Å². The number of nitro groups is 1. The molecule has 0 bridgehead atoms. The minimum Gasteiger partial charge on any atom is -0.356 e. The third-order valence-electron chi connectivity index (χ3n) is 2.93. The fourth-order valence-corrected chi connectivity index (χ4v) is 1.82. The van der Waals surface area contributed by atoms with E-state index in [1.54, 1.807) is 25.2 Å². The summed E-state index contributed by atoms with van der Waals surface area (Å²) < 4.78 is 0. The van der Waals surface area contributed by atoms with E-state index in [2.05, 4.69) is 22.5 Å². The van der Waals surface area contributed by atoms with Crippen LogP contribution in [0, 0.1) is 10.1 Å². The van der Waals surface area contributed by atoms with E-state index in [-0.39, 0.29) is 10.6 Å². The van der Waals surface area contributed by atoms with Crippen molar-refractivity contribution in [2.75, 3.05) is 13.6 Å². The Morgan fingerprint density at radius 1 is 1.30 bits per heavy atom. The zero-order chi connectivity index (χ0) is 14.8. The molecule has 0 saturated carbocycles. The number of para-hydroxylation sites is 1. The van der Waals surface area contributed by atoms with E-state index in [0.29, 0.717) is 18.1 Å². The van der Waals surface area contributed by atoms with Gasteiger partial charge in [0.05, 0.1) is 4.92 Å². The largest absolute Gasteiger partial charge is 0.356 e. The van der Waals surface area contributed by atoms with Crippen molar-refractivity contribution >= 4 is 11.6 Å². The first-order valence-electron chi connectivity index (χ1n) is 6.85. The zero-order valence-corrected chi connectivity index (χ0v) is 12.1.